The molecule has 0 atom stereocenters. The number of sulfonamides is 1. The Kier molecular flexibility index (Phi) is 6.66. The minimum Gasteiger partial charge on any atom is -0.345 e. The van der Waals surface area contributed by atoms with E-state index in [1.807, 2.05) is 25.1 Å². The Hall–Kier alpha value is -2.20. The van der Waals surface area contributed by atoms with Gasteiger partial charge in [0.2, 0.25) is 10.0 Å². The van der Waals surface area contributed by atoms with Gasteiger partial charge in [0, 0.05) is 41.8 Å². The molecule has 0 aliphatic carbocycles. The van der Waals surface area contributed by atoms with Crippen LogP contribution in [-0.2, 0) is 23.5 Å². The first-order valence-electron chi connectivity index (χ1n) is 9.25. The van der Waals surface area contributed by atoms with Crippen LogP contribution in [0.4, 0.5) is 5.13 Å². The summed E-state index contributed by atoms with van der Waals surface area (Å²) in [5.74, 6) is -0.428. The van der Waals surface area contributed by atoms with Crippen molar-refractivity contribution in [3.63, 3.8) is 0 Å². The summed E-state index contributed by atoms with van der Waals surface area (Å²) in [6.07, 6.45) is 3.77. The number of halogens is 1. The number of anilines is 1. The highest BCUT2D eigenvalue weighted by Gasteiger charge is 2.21. The highest BCUT2D eigenvalue weighted by atomic mass is 35.5. The quantitative estimate of drug-likeness (QED) is 0.550. The maximum atomic E-state index is 12.6. The Balaban J connectivity index is 1.72. The summed E-state index contributed by atoms with van der Waals surface area (Å²) >= 11 is 7.54. The average molecular weight is 467 g/mol. The Labute approximate surface area is 185 Å². The van der Waals surface area contributed by atoms with E-state index in [2.05, 4.69) is 15.0 Å². The lowest BCUT2D eigenvalue weighted by molar-refractivity contribution is 0.101. The van der Waals surface area contributed by atoms with Crippen molar-refractivity contribution in [3.05, 3.63) is 63.4 Å². The molecule has 0 aliphatic heterocycles. The zero-order chi connectivity index (χ0) is 22.1. The van der Waals surface area contributed by atoms with Gasteiger partial charge in [0.25, 0.3) is 5.91 Å². The normalized spacial score (nSPS) is 11.8. The molecule has 0 saturated carbocycles. The number of carbonyl (C=O) groups excluding carboxylic acids is 1. The van der Waals surface area contributed by atoms with E-state index in [-0.39, 0.29) is 16.6 Å². The number of amides is 1. The predicted molar refractivity (Wildman–Crippen MR) is 120 cm³/mol. The molecule has 0 bridgehead atoms. The van der Waals surface area contributed by atoms with Crippen molar-refractivity contribution < 1.29 is 13.2 Å². The Morgan fingerprint density at radius 1 is 1.30 bits per heavy atom. The van der Waals surface area contributed by atoms with Gasteiger partial charge in [0.15, 0.2) is 5.13 Å². The molecule has 1 amide bonds. The minimum atomic E-state index is -3.68. The van der Waals surface area contributed by atoms with E-state index >= 15 is 0 Å². The second-order valence-electron chi connectivity index (χ2n) is 7.29. The van der Waals surface area contributed by atoms with E-state index in [1.165, 1.54) is 28.2 Å². The molecule has 2 N–H and O–H groups in total. The van der Waals surface area contributed by atoms with Gasteiger partial charge in [-0.2, -0.15) is 0 Å². The van der Waals surface area contributed by atoms with Crippen LogP contribution in [0.2, 0.25) is 5.02 Å². The van der Waals surface area contributed by atoms with Gasteiger partial charge in [0.05, 0.1) is 0 Å². The molecule has 0 unspecified atom stereocenters. The van der Waals surface area contributed by atoms with Crippen LogP contribution < -0.4 is 10.0 Å². The first kappa shape index (κ1) is 22.5. The second-order valence-corrected chi connectivity index (χ2v) is 10.5. The standard InChI is InChI=1S/C20H23ClN4O3S2/c1-12(2)24-30(27,28)16-9-18(25(4)11-16)19(26)23-20-22-10-15(29-20)7-14-6-5-13(3)17(21)8-14/h5-6,8-12,24H,7H2,1-4H3,(H,22,23,26). The van der Waals surface area contributed by atoms with Gasteiger partial charge in [-0.15, -0.1) is 11.3 Å². The number of carbonyl (C=O) groups is 1. The van der Waals surface area contributed by atoms with E-state index < -0.39 is 15.9 Å². The molecule has 0 radical (unpaired) electrons. The van der Waals surface area contributed by atoms with Crippen LogP contribution in [0.1, 0.15) is 40.3 Å². The summed E-state index contributed by atoms with van der Waals surface area (Å²) in [6, 6.07) is 7.01. The number of nitrogens with zero attached hydrogens (tertiary/aromatic N) is 2. The molecule has 2 heterocycles. The van der Waals surface area contributed by atoms with Crippen molar-refractivity contribution in [2.75, 3.05) is 5.32 Å². The highest BCUT2D eigenvalue weighted by Crippen LogP contribution is 2.24. The van der Waals surface area contributed by atoms with Gasteiger partial charge in [0.1, 0.15) is 10.6 Å². The van der Waals surface area contributed by atoms with Crippen LogP contribution in [0.3, 0.4) is 0 Å². The molecule has 3 aromatic rings. The highest BCUT2D eigenvalue weighted by molar-refractivity contribution is 7.89. The predicted octanol–water partition coefficient (Wildman–Crippen LogP) is 3.97. The lowest BCUT2D eigenvalue weighted by Gasteiger charge is -2.07. The maximum absolute atomic E-state index is 12.6. The fourth-order valence-electron chi connectivity index (χ4n) is 2.84. The number of thiazole rings is 1. The van der Waals surface area contributed by atoms with E-state index in [0.29, 0.717) is 16.6 Å². The Bertz CT molecular complexity index is 1180. The lowest BCUT2D eigenvalue weighted by atomic mass is 10.1. The van der Waals surface area contributed by atoms with E-state index in [9.17, 15) is 13.2 Å². The number of aromatic nitrogens is 2. The molecule has 0 fully saturated rings. The van der Waals surface area contributed by atoms with E-state index in [0.717, 1.165) is 16.0 Å². The van der Waals surface area contributed by atoms with Crippen molar-refractivity contribution in [3.8, 4) is 0 Å². The minimum absolute atomic E-state index is 0.0416. The molecule has 0 saturated heterocycles. The summed E-state index contributed by atoms with van der Waals surface area (Å²) in [5.41, 5.74) is 2.30. The second kappa shape index (κ2) is 8.89. The van der Waals surface area contributed by atoms with Crippen LogP contribution >= 0.6 is 22.9 Å². The smallest absolute Gasteiger partial charge is 0.274 e. The Morgan fingerprint density at radius 2 is 2.03 bits per heavy atom. The van der Waals surface area contributed by atoms with Crippen LogP contribution in [-0.4, -0.2) is 29.9 Å². The van der Waals surface area contributed by atoms with Crippen LogP contribution in [0, 0.1) is 6.92 Å². The van der Waals surface area contributed by atoms with Crippen molar-refractivity contribution >= 4 is 44.0 Å². The van der Waals surface area contributed by atoms with Gasteiger partial charge in [-0.1, -0.05) is 23.7 Å². The zero-order valence-electron chi connectivity index (χ0n) is 17.1. The van der Waals surface area contributed by atoms with Crippen LogP contribution in [0.25, 0.3) is 0 Å². The van der Waals surface area contributed by atoms with Crippen molar-refractivity contribution in [1.82, 2.24) is 14.3 Å². The van der Waals surface area contributed by atoms with Gasteiger partial charge < -0.3 is 4.57 Å². The fraction of sp³-hybridized carbons (Fsp3) is 0.300. The fourth-order valence-corrected chi connectivity index (χ4v) is 5.21. The third kappa shape index (κ3) is 5.28. The number of hydrogen-bond acceptors (Lipinski definition) is 5. The van der Waals surface area contributed by atoms with E-state index in [4.69, 9.17) is 11.6 Å². The van der Waals surface area contributed by atoms with Crippen molar-refractivity contribution in [2.24, 2.45) is 7.05 Å². The molecular formula is C20H23ClN4O3S2. The topological polar surface area (TPSA) is 93.1 Å². The first-order chi connectivity index (χ1) is 14.0. The van der Waals surface area contributed by atoms with Crippen molar-refractivity contribution in [2.45, 2.75) is 38.1 Å². The molecule has 1 aromatic carbocycles. The lowest BCUT2D eigenvalue weighted by Crippen LogP contribution is -2.29. The SMILES string of the molecule is Cc1ccc(Cc2cnc(NC(=O)c3cc(S(=O)(=O)NC(C)C)cn3C)s2)cc1Cl. The molecule has 30 heavy (non-hydrogen) atoms. The summed E-state index contributed by atoms with van der Waals surface area (Å²) in [4.78, 5) is 17.9. The number of aryl methyl sites for hydroxylation is 2. The molecule has 7 nitrogen and oxygen atoms in total. The number of nitrogens with one attached hydrogen (secondary N) is 2. The molecular weight excluding hydrogens is 444 g/mol. The average Bonchev–Trinajstić information content (AvgIpc) is 3.24. The van der Waals surface area contributed by atoms with Gasteiger partial charge in [-0.25, -0.2) is 18.1 Å². The zero-order valence-corrected chi connectivity index (χ0v) is 19.5. The molecule has 10 heteroatoms. The maximum Gasteiger partial charge on any atom is 0.274 e. The molecule has 0 spiro atoms. The molecule has 2 aromatic heterocycles. The summed E-state index contributed by atoms with van der Waals surface area (Å²) in [5, 5.41) is 3.90. The van der Waals surface area contributed by atoms with Crippen molar-refractivity contribution in [1.29, 1.82) is 0 Å². The van der Waals surface area contributed by atoms with Crippen LogP contribution in [0.5, 0.6) is 0 Å². The molecule has 3 rings (SSSR count). The Morgan fingerprint density at radius 3 is 2.70 bits per heavy atom. The third-order valence-electron chi connectivity index (χ3n) is 4.30. The first-order valence-corrected chi connectivity index (χ1v) is 11.9. The summed E-state index contributed by atoms with van der Waals surface area (Å²) in [6.45, 7) is 5.42. The van der Waals surface area contributed by atoms with Gasteiger partial charge >= 0.3 is 0 Å². The largest absolute Gasteiger partial charge is 0.345 e. The van der Waals surface area contributed by atoms with Crippen LogP contribution in [0.15, 0.2) is 41.6 Å². The van der Waals surface area contributed by atoms with E-state index in [1.54, 1.807) is 27.1 Å². The monoisotopic (exact) mass is 466 g/mol. The summed E-state index contributed by atoms with van der Waals surface area (Å²) < 4.78 is 28.7. The number of rotatable bonds is 7. The number of hydrogen-bond donors (Lipinski definition) is 2. The molecule has 0 aliphatic rings. The molecule has 160 valence electrons. The van der Waals surface area contributed by atoms with Gasteiger partial charge in [-0.3, -0.25) is 10.1 Å². The summed E-state index contributed by atoms with van der Waals surface area (Å²) in [7, 11) is -2.06. The third-order valence-corrected chi connectivity index (χ3v) is 7.25. The number of benzene rings is 1. The van der Waals surface area contributed by atoms with Gasteiger partial charge in [-0.05, 0) is 44.0 Å².